The minimum absolute atomic E-state index is 0.262. The molecule has 0 aliphatic rings. The monoisotopic (exact) mass is 144 g/mol. The fourth-order valence-corrected chi connectivity index (χ4v) is 0.230. The molecule has 0 amide bonds. The Kier molecular flexibility index (Phi) is 2.04. The van der Waals surface area contributed by atoms with E-state index in [1.165, 1.54) is 0 Å². The molecular weight excluding hydrogens is 144 g/mol. The minimum Gasteiger partial charge on any atom is -0.337 e. The highest BCUT2D eigenvalue weighted by atomic mass is 35.7. The number of halogens is 1. The molecule has 0 saturated carbocycles. The first kappa shape index (κ1) is 6.71. The van der Waals surface area contributed by atoms with E-state index in [4.69, 9.17) is 4.79 Å². The summed E-state index contributed by atoms with van der Waals surface area (Å²) in [5.74, 6) is 0. The maximum absolute atomic E-state index is 9.54. The molecule has 0 rings (SSSR count). The van der Waals surface area contributed by atoms with Gasteiger partial charge in [0.15, 0.2) is 0 Å². The molecule has 0 bridgehead atoms. The lowest BCUT2D eigenvalue weighted by molar-refractivity contribution is -0.120. The summed E-state index contributed by atoms with van der Waals surface area (Å²) in [6.07, 6.45) is 0. The lowest BCUT2D eigenvalue weighted by atomic mass is 11.7. The van der Waals surface area contributed by atoms with Crippen LogP contribution in [0.15, 0.2) is 0 Å². The van der Waals surface area contributed by atoms with Crippen molar-refractivity contribution >= 4 is 26.5 Å². The normalized spacial score (nSPS) is 10.4. The molecule has 4 nitrogen and oxygen atoms in total. The van der Waals surface area contributed by atoms with E-state index in [0.29, 0.717) is 0 Å². The molecule has 42 valence electrons. The summed E-state index contributed by atoms with van der Waals surface area (Å²) in [6.45, 7) is -0.262. The van der Waals surface area contributed by atoms with Crippen LogP contribution in [0.1, 0.15) is 0 Å². The fourth-order valence-electron chi connectivity index (χ4n) is 0.0469. The van der Waals surface area contributed by atoms with Crippen molar-refractivity contribution < 1.29 is 17.4 Å². The SMILES string of the molecule is O=COS(=O)(=O)Cl. The van der Waals surface area contributed by atoms with E-state index in [9.17, 15) is 8.42 Å². The van der Waals surface area contributed by atoms with Crippen molar-refractivity contribution in [3.63, 3.8) is 0 Å². The average molecular weight is 145 g/mol. The fraction of sp³-hybridized carbons (Fsp3) is 0. The molecule has 0 unspecified atom stereocenters. The smallest absolute Gasteiger partial charge is 0.337 e. The Morgan fingerprint density at radius 3 is 2.00 bits per heavy atom. The van der Waals surface area contributed by atoms with E-state index in [1.807, 2.05) is 0 Å². The molecule has 0 radical (unpaired) electrons. The van der Waals surface area contributed by atoms with Gasteiger partial charge in [-0.3, -0.25) is 4.79 Å². The Bertz CT molecular complexity index is 145. The van der Waals surface area contributed by atoms with Gasteiger partial charge in [0.05, 0.1) is 10.7 Å². The average Bonchev–Trinajstić information content (AvgIpc) is 1.30. The summed E-state index contributed by atoms with van der Waals surface area (Å²) in [7, 11) is 0.282. The van der Waals surface area contributed by atoms with Crippen molar-refractivity contribution in [2.45, 2.75) is 0 Å². The zero-order valence-electron chi connectivity index (χ0n) is 3.00. The number of carbonyl (C=O) groups excluding carboxylic acids is 1. The van der Waals surface area contributed by atoms with Gasteiger partial charge in [0.2, 0.25) is 0 Å². The van der Waals surface area contributed by atoms with Crippen LogP contribution in [0, 0.1) is 0 Å². The summed E-state index contributed by atoms with van der Waals surface area (Å²) in [4.78, 5) is 9.13. The highest BCUT2D eigenvalue weighted by Crippen LogP contribution is 1.93. The van der Waals surface area contributed by atoms with Crippen LogP contribution in [0.2, 0.25) is 0 Å². The third kappa shape index (κ3) is 5.71. The van der Waals surface area contributed by atoms with Crippen LogP contribution in [-0.4, -0.2) is 14.9 Å². The molecule has 0 aromatic heterocycles. The third-order valence-corrected chi connectivity index (χ3v) is 0.681. The van der Waals surface area contributed by atoms with Crippen molar-refractivity contribution in [2.75, 3.05) is 0 Å². The maximum atomic E-state index is 9.54. The van der Waals surface area contributed by atoms with Gasteiger partial charge in [-0.15, -0.1) is 0 Å². The van der Waals surface area contributed by atoms with E-state index in [1.54, 1.807) is 0 Å². The lowest BCUT2D eigenvalue weighted by Crippen LogP contribution is -1.92. The molecule has 0 aliphatic carbocycles. The zero-order chi connectivity index (χ0) is 5.91. The predicted octanol–water partition coefficient (Wildman–Crippen LogP) is -0.357. The third-order valence-electron chi connectivity index (χ3n) is 0.154. The first-order valence-electron chi connectivity index (χ1n) is 1.13. The van der Waals surface area contributed by atoms with Gasteiger partial charge in [-0.2, -0.15) is 8.42 Å². The van der Waals surface area contributed by atoms with Gasteiger partial charge in [0.25, 0.3) is 0 Å². The molecule has 0 atom stereocenters. The van der Waals surface area contributed by atoms with Crippen molar-refractivity contribution in [2.24, 2.45) is 0 Å². The van der Waals surface area contributed by atoms with Crippen LogP contribution in [0.3, 0.4) is 0 Å². The van der Waals surface area contributed by atoms with Crippen molar-refractivity contribution in [3.05, 3.63) is 0 Å². The van der Waals surface area contributed by atoms with E-state index >= 15 is 0 Å². The van der Waals surface area contributed by atoms with Gasteiger partial charge in [-0.05, 0) is 0 Å². The Hall–Kier alpha value is -0.290. The Labute approximate surface area is 44.7 Å². The molecule has 0 aliphatic heterocycles. The predicted molar refractivity (Wildman–Crippen MR) is 21.9 cm³/mol. The van der Waals surface area contributed by atoms with Gasteiger partial charge in [0, 0.05) is 0 Å². The maximum Gasteiger partial charge on any atom is 0.403 e. The molecule has 0 saturated heterocycles. The van der Waals surface area contributed by atoms with Gasteiger partial charge in [0.1, 0.15) is 0 Å². The molecule has 0 fully saturated rings. The first-order chi connectivity index (χ1) is 3.06. The quantitative estimate of drug-likeness (QED) is 0.392. The summed E-state index contributed by atoms with van der Waals surface area (Å²) < 4.78 is 22.4. The standard InChI is InChI=1S/CHClO4S/c2-7(4,5)6-1-3/h1H. The molecule has 0 N–H and O–H groups in total. The zero-order valence-corrected chi connectivity index (χ0v) is 4.57. The van der Waals surface area contributed by atoms with Gasteiger partial charge in [-0.1, -0.05) is 0 Å². The van der Waals surface area contributed by atoms with Crippen LogP contribution in [-0.2, 0) is 18.3 Å². The van der Waals surface area contributed by atoms with Crippen molar-refractivity contribution in [1.82, 2.24) is 0 Å². The number of hydrogen-bond donors (Lipinski definition) is 0. The molecular formula is CHClO4S. The van der Waals surface area contributed by atoms with Gasteiger partial charge < -0.3 is 4.18 Å². The van der Waals surface area contributed by atoms with Crippen molar-refractivity contribution in [3.8, 4) is 0 Å². The topological polar surface area (TPSA) is 60.4 Å². The molecule has 0 spiro atoms. The molecule has 0 aromatic rings. The number of carbonyl (C=O) groups is 1. The van der Waals surface area contributed by atoms with Crippen LogP contribution >= 0.6 is 10.7 Å². The van der Waals surface area contributed by atoms with Crippen molar-refractivity contribution in [1.29, 1.82) is 0 Å². The number of rotatable bonds is 2. The molecule has 0 aromatic carbocycles. The second-order valence-corrected chi connectivity index (χ2v) is 2.70. The van der Waals surface area contributed by atoms with E-state index in [-0.39, 0.29) is 6.47 Å². The highest BCUT2D eigenvalue weighted by molar-refractivity contribution is 8.10. The van der Waals surface area contributed by atoms with Crippen LogP contribution < -0.4 is 0 Å². The van der Waals surface area contributed by atoms with Gasteiger partial charge in [-0.25, -0.2) is 0 Å². The highest BCUT2D eigenvalue weighted by Gasteiger charge is 1.99. The van der Waals surface area contributed by atoms with E-state index in [0.717, 1.165) is 0 Å². The molecule has 7 heavy (non-hydrogen) atoms. The largest absolute Gasteiger partial charge is 0.403 e. The van der Waals surface area contributed by atoms with E-state index < -0.39 is 9.33 Å². The summed E-state index contributed by atoms with van der Waals surface area (Å²) in [5.41, 5.74) is 0. The summed E-state index contributed by atoms with van der Waals surface area (Å²) >= 11 is 0. The summed E-state index contributed by atoms with van der Waals surface area (Å²) in [5, 5.41) is 0. The first-order valence-corrected chi connectivity index (χ1v) is 3.36. The Morgan fingerprint density at radius 2 is 2.00 bits per heavy atom. The van der Waals surface area contributed by atoms with Crippen LogP contribution in [0.5, 0.6) is 0 Å². The Morgan fingerprint density at radius 1 is 1.57 bits per heavy atom. The Balaban J connectivity index is 3.84. The van der Waals surface area contributed by atoms with Crippen LogP contribution in [0.4, 0.5) is 0 Å². The lowest BCUT2D eigenvalue weighted by Gasteiger charge is -1.81. The second kappa shape index (κ2) is 2.13. The molecule has 0 heterocycles. The minimum atomic E-state index is -4.07. The number of hydrogen-bond acceptors (Lipinski definition) is 4. The van der Waals surface area contributed by atoms with Gasteiger partial charge >= 0.3 is 15.8 Å². The summed E-state index contributed by atoms with van der Waals surface area (Å²) in [6, 6.07) is 0. The van der Waals surface area contributed by atoms with E-state index in [2.05, 4.69) is 14.9 Å². The second-order valence-electron chi connectivity index (χ2n) is 0.586. The molecule has 6 heteroatoms. The van der Waals surface area contributed by atoms with Crippen LogP contribution in [0.25, 0.3) is 0 Å².